The molecule has 0 bridgehead atoms. The minimum atomic E-state index is -3.28. The van der Waals surface area contributed by atoms with Crippen LogP contribution in [0.25, 0.3) is 0 Å². The van der Waals surface area contributed by atoms with E-state index in [1.807, 2.05) is 0 Å². The van der Waals surface area contributed by atoms with Crippen LogP contribution in [0, 0.1) is 0 Å². The third kappa shape index (κ3) is 33.4. The van der Waals surface area contributed by atoms with Gasteiger partial charge in [-0.3, -0.25) is 57.5 Å². The molecule has 8 saturated heterocycles. The topological polar surface area (TPSA) is 1010 Å². The van der Waals surface area contributed by atoms with Crippen molar-refractivity contribution in [2.24, 2.45) is 0 Å². The summed E-state index contributed by atoms with van der Waals surface area (Å²) in [4.78, 5) is 182. The maximum absolute atomic E-state index is 13.6. The van der Waals surface area contributed by atoms with E-state index in [1.165, 1.54) is 13.8 Å². The highest BCUT2D eigenvalue weighted by atomic mass is 32.2. The van der Waals surface area contributed by atoms with Gasteiger partial charge in [0, 0.05) is 53.6 Å². The first-order valence-corrected chi connectivity index (χ1v) is 49.0. The molecule has 0 saturated carbocycles. The van der Waals surface area contributed by atoms with Gasteiger partial charge in [0.15, 0.2) is 25.2 Å². The number of carboxylic acids is 3. The molecule has 0 aromatic carbocycles. The molecule has 36 N–H and O–H groups in total. The summed E-state index contributed by atoms with van der Waals surface area (Å²) in [5.41, 5.74) is -3.18. The highest BCUT2D eigenvalue weighted by molar-refractivity contribution is 8.00. The van der Waals surface area contributed by atoms with Crippen LogP contribution in [0.15, 0.2) is 0 Å². The summed E-state index contributed by atoms with van der Waals surface area (Å²) in [5.74, 6) is -23.6. The van der Waals surface area contributed by atoms with Gasteiger partial charge in [0.1, 0.15) is 176 Å². The molecule has 0 aliphatic carbocycles. The number of rotatable bonds is 52. The zero-order chi connectivity index (χ0) is 111. The Balaban J connectivity index is 0.844. The molecule has 43 atom stereocenters. The molecule has 0 unspecified atom stereocenters. The number of hydrogen-bond acceptors (Lipinski definition) is 52. The van der Waals surface area contributed by atoms with Gasteiger partial charge >= 0.3 is 17.9 Å². The number of aliphatic hydroxyl groups excluding tert-OH is 22. The Kier molecular flexibility index (Phi) is 48.9. The molecule has 66 heteroatoms. The molecule has 8 aliphatic rings. The molecule has 0 aromatic rings. The van der Waals surface area contributed by atoms with Crippen molar-refractivity contribution in [3.63, 3.8) is 0 Å². The molecule has 0 radical (unpaired) electrons. The Morgan fingerprint density at radius 1 is 0.369 bits per heavy atom. The molecule has 8 fully saturated rings. The number of unbranched alkanes of at least 4 members (excludes halogenated alkanes) is 1. The van der Waals surface area contributed by atoms with Crippen molar-refractivity contribution in [2.75, 3.05) is 90.4 Å². The summed E-state index contributed by atoms with van der Waals surface area (Å²) < 4.78 is 83.0. The first-order valence-electron chi connectivity index (χ1n) is 46.9. The van der Waals surface area contributed by atoms with Crippen LogP contribution >= 0.6 is 23.5 Å². The third-order valence-electron chi connectivity index (χ3n) is 24.9. The van der Waals surface area contributed by atoms with Crippen molar-refractivity contribution in [1.82, 2.24) is 58.5 Å². The lowest BCUT2D eigenvalue weighted by Gasteiger charge is -2.51. The summed E-state index contributed by atoms with van der Waals surface area (Å²) in [6.07, 6.45) is -72.9. The van der Waals surface area contributed by atoms with Gasteiger partial charge in [-0.05, 0) is 33.1 Å². The normalized spacial score (nSPS) is 37.3. The van der Waals surface area contributed by atoms with E-state index in [4.69, 9.17) is 66.3 Å². The van der Waals surface area contributed by atoms with E-state index >= 15 is 0 Å². The van der Waals surface area contributed by atoms with E-state index in [1.54, 1.807) is 0 Å². The van der Waals surface area contributed by atoms with Crippen LogP contribution in [-0.2, 0) is 133 Å². The summed E-state index contributed by atoms with van der Waals surface area (Å²) in [7, 11) is 0. The Morgan fingerprint density at radius 3 is 1.06 bits per heavy atom. The average Bonchev–Trinajstić information content (AvgIpc) is 0.751. The van der Waals surface area contributed by atoms with Gasteiger partial charge in [0.05, 0.1) is 132 Å². The second-order valence-electron chi connectivity index (χ2n) is 36.1. The van der Waals surface area contributed by atoms with Gasteiger partial charge in [-0.2, -0.15) is 0 Å². The smallest absolute Gasteiger partial charge is 0.364 e. The lowest BCUT2D eigenvalue weighted by molar-refractivity contribution is -0.384. The second kappa shape index (κ2) is 57.9. The van der Waals surface area contributed by atoms with Gasteiger partial charge in [-0.15, -0.1) is 23.5 Å². The number of nitrogens with one attached hydrogen (secondary N) is 11. The number of carbonyl (C=O) groups is 14. The van der Waals surface area contributed by atoms with Crippen LogP contribution in [0.4, 0.5) is 0 Å². The van der Waals surface area contributed by atoms with Crippen molar-refractivity contribution in [1.29, 1.82) is 0 Å². The Morgan fingerprint density at radius 2 is 0.711 bits per heavy atom. The van der Waals surface area contributed by atoms with Crippen molar-refractivity contribution < 1.29 is 261 Å². The average molecular weight is 2200 g/mol. The fraction of sp³-hybridized carbons (Fsp3) is 0.831. The lowest BCUT2D eigenvalue weighted by Crippen LogP contribution is -2.71. The first-order chi connectivity index (χ1) is 70.1. The van der Waals surface area contributed by atoms with Crippen LogP contribution < -0.4 is 58.5 Å². The van der Waals surface area contributed by atoms with E-state index in [9.17, 15) is 195 Å². The largest absolute Gasteiger partial charge is 0.481 e. The fourth-order valence-corrected chi connectivity index (χ4v) is 19.3. The number of hydrogen-bond donors (Lipinski definition) is 36. The predicted molar refractivity (Wildman–Crippen MR) is 482 cm³/mol. The quantitative estimate of drug-likeness (QED) is 0.0252. The van der Waals surface area contributed by atoms with Crippen LogP contribution in [0.2, 0.25) is 0 Å². The molecule has 0 spiro atoms. The zero-order valence-corrected chi connectivity index (χ0v) is 82.4. The van der Waals surface area contributed by atoms with Gasteiger partial charge in [0.2, 0.25) is 65.0 Å². The van der Waals surface area contributed by atoms with Crippen LogP contribution in [0.1, 0.15) is 80.1 Å². The monoisotopic (exact) mass is 2200 g/mol. The zero-order valence-electron chi connectivity index (χ0n) is 80.7. The molecule has 64 nitrogen and oxygen atoms in total. The van der Waals surface area contributed by atoms with Crippen LogP contribution in [0.5, 0.6) is 0 Å². The molecule has 8 heterocycles. The fourth-order valence-electron chi connectivity index (χ4n) is 17.2. The maximum Gasteiger partial charge on any atom is 0.364 e. The van der Waals surface area contributed by atoms with Gasteiger partial charge in [0.25, 0.3) is 11.6 Å². The van der Waals surface area contributed by atoms with E-state index < -0.39 is 447 Å². The maximum atomic E-state index is 13.6. The van der Waals surface area contributed by atoms with Crippen LogP contribution in [0.3, 0.4) is 0 Å². The molecule has 8 rings (SSSR count). The molecule has 149 heavy (non-hydrogen) atoms. The van der Waals surface area contributed by atoms with Gasteiger partial charge < -0.3 is 252 Å². The molecular formula is C83H135N11O53S2. The number of ether oxygens (including phenoxy) is 14. The molecule has 852 valence electrons. The molecule has 11 amide bonds. The summed E-state index contributed by atoms with van der Waals surface area (Å²) >= 11 is 1.11. The lowest BCUT2D eigenvalue weighted by atomic mass is 9.88. The van der Waals surface area contributed by atoms with Gasteiger partial charge in [-0.1, -0.05) is 0 Å². The summed E-state index contributed by atoms with van der Waals surface area (Å²) in [6.45, 7) is -4.35. The number of aliphatic hydroxyl groups is 22. The van der Waals surface area contributed by atoms with E-state index in [0.29, 0.717) is 23.5 Å². The SMILES string of the molecule is CC(=O)N[C@@H]1[C@@H](O[C@@H]2O[C@@H](C)[C@@H](O)[C@@H](O)[C@@H]2O)[C@H](O[C@@H]2O[C@H](CO)[C@H](O)[C@H](O[C@]3(C(=O)O)C[C@H](O)[C@@H](NC(C)=O)[C@H]([C@H](O)[C@H](O)CO)O3)[C@H]2O)[C@@H](CO)O[C@H]1SCC(=O)NCC(=O)NCC(=O)NCCCC[C@H](NC(=O)CNC(=O)CNC(=O)CS[C@@H]1O[C@H](CO)[C@@H](O[C@@H]2O[C@H](CO)[C@H](O)[C@H](O[C@]3(C(=O)O)C[C@H](O)[C@@H](NC(C)=O)[C@H]([C@H](O)[C@H](O)CO)O3)[C@H]2O)[C@H](O[C@@H]2O[C@@H](C)[C@@H](O)[C@@H](O)[C@@H]2O)[C@H]1NC(C)=O)C(=O)NCCC(=O)O. The number of carboxylic acid groups (broad SMARTS) is 3. The van der Waals surface area contributed by atoms with E-state index in [-0.39, 0.29) is 25.8 Å². The molecular weight excluding hydrogens is 2060 g/mol. The number of carbonyl (C=O) groups excluding carboxylic acids is 11. The second-order valence-corrected chi connectivity index (χ2v) is 38.3. The number of amides is 11. The number of aliphatic carboxylic acids is 3. The Hall–Kier alpha value is -8.16. The molecule has 8 aliphatic heterocycles. The Labute approximate surface area is 854 Å². The van der Waals surface area contributed by atoms with E-state index in [2.05, 4.69) is 58.5 Å². The number of thioether (sulfide) groups is 2. The predicted octanol–water partition coefficient (Wildman–Crippen LogP) is -21.1. The third-order valence-corrected chi connectivity index (χ3v) is 27.2. The molecule has 0 aromatic heterocycles. The van der Waals surface area contributed by atoms with Crippen LogP contribution in [-0.4, -0.2) is 562 Å². The summed E-state index contributed by atoms with van der Waals surface area (Å²) in [5, 5.41) is 297. The first kappa shape index (κ1) is 126. The standard InChI is InChI=1S/C83H135N11O53S2/c1-27-53(117)59(123)61(125)74(134-27)142-69-51(92-31(5)103)78(138-40(23-99)65(69)140-76-63(127)71(57(121)38(21-97)136-76)146-82(80(130)131)13-34(105)49(90-29(3)101)67(144-82)55(119)36(107)19-95)148-25-46(113)88-16-43(110)86-15-42(109)84-11-8-7-9-33(73(129)85-12-10-48(115)116)94-45(112)18-87-44(111)17-89-47(114)26-149-79-52(93-32(6)104)70(143-75-62(126)60(124)54(118)28(2)135-75)66(41(24-100)139-79)141-77-64(128)72(58(122)39(22-98)137-77)147-83(81(132)133)14-35(106)50(91-30(4)102)68(145-83)56(120)37(108)20-96/h27-28,33-41,49-72,74-79,95-100,105-108,117-128H,7-26H2,1-6H3,(H,84,109)(H,85,129)(H,86,110)(H,87,111)(H,88,113)(H,89,114)(H,90,101)(H,91,102)(H,92,103)(H,93,104)(H,94,112)(H,115,116)(H,130,131)(H,132,133)/t27-,28-,33-,34-,35-,36+,37+,38+,39+,40+,41+,49+,50+,51+,52+,53+,54+,55+,56+,57-,58-,59+,60+,61-,62-,63+,64+,65+,66+,67+,68+,69+,70+,71-,72-,74-,75-,76-,77-,78-,79-,82-,83-/m0/s1. The highest BCUT2D eigenvalue weighted by Crippen LogP contribution is 2.44. The Bertz CT molecular complexity index is 4430. The highest BCUT2D eigenvalue weighted by Gasteiger charge is 2.65. The van der Waals surface area contributed by atoms with Crippen molar-refractivity contribution >= 4 is 106 Å². The van der Waals surface area contributed by atoms with Gasteiger partial charge in [-0.25, -0.2) is 9.59 Å². The summed E-state index contributed by atoms with van der Waals surface area (Å²) in [6, 6.07) is -8.24. The van der Waals surface area contributed by atoms with Crippen molar-refractivity contribution in [3.8, 4) is 0 Å². The minimum absolute atomic E-state index is 0.0419. The minimum Gasteiger partial charge on any atom is -0.481 e. The van der Waals surface area contributed by atoms with E-state index in [0.717, 1.165) is 27.7 Å². The van der Waals surface area contributed by atoms with Crippen molar-refractivity contribution in [3.05, 3.63) is 0 Å². The van der Waals surface area contributed by atoms with Crippen molar-refractivity contribution in [2.45, 2.75) is 341 Å².